The molecule has 0 saturated carbocycles. The van der Waals surface area contributed by atoms with E-state index in [1.165, 1.54) is 34.4 Å². The van der Waals surface area contributed by atoms with E-state index in [9.17, 15) is 9.18 Å². The molecule has 2 bridgehead atoms. The molecule has 178 valence electrons. The second-order valence-electron chi connectivity index (χ2n) is 9.48. The Kier molecular flexibility index (Phi) is 5.56. The Morgan fingerprint density at radius 1 is 0.971 bits per heavy atom. The lowest BCUT2D eigenvalue weighted by Crippen LogP contribution is -2.43. The van der Waals surface area contributed by atoms with Gasteiger partial charge in [0.15, 0.2) is 0 Å². The van der Waals surface area contributed by atoms with Crippen molar-refractivity contribution in [1.82, 2.24) is 4.90 Å². The highest BCUT2D eigenvalue weighted by atomic mass is 19.1. The standard InChI is InChI=1S/C30H28FNO3/c1-2-34-29-17-20(31)11-14-23(29)19-15-21-12-13-22(16-19)32(21)30(33)35-18-28-26-9-5-3-7-24(26)25-8-4-6-10-27(25)28/h3-11,14-15,17,21-22,28H,2,12-13,16,18H2,1H3. The van der Waals surface area contributed by atoms with Gasteiger partial charge in [0.1, 0.15) is 18.2 Å². The van der Waals surface area contributed by atoms with Crippen molar-refractivity contribution in [2.45, 2.75) is 44.2 Å². The fourth-order valence-electron chi connectivity index (χ4n) is 6.02. The molecule has 0 aromatic heterocycles. The Hall–Kier alpha value is -3.60. The summed E-state index contributed by atoms with van der Waals surface area (Å²) in [5.41, 5.74) is 6.90. The molecule has 2 unspecified atom stereocenters. The molecule has 2 aliphatic heterocycles. The van der Waals surface area contributed by atoms with Crippen LogP contribution < -0.4 is 4.74 Å². The van der Waals surface area contributed by atoms with Gasteiger partial charge in [-0.2, -0.15) is 0 Å². The zero-order chi connectivity index (χ0) is 23.9. The Bertz CT molecular complexity index is 1270. The van der Waals surface area contributed by atoms with E-state index in [-0.39, 0.29) is 29.9 Å². The molecule has 0 spiro atoms. The van der Waals surface area contributed by atoms with Crippen LogP contribution in [-0.4, -0.2) is 36.3 Å². The summed E-state index contributed by atoms with van der Waals surface area (Å²) in [6, 6.07) is 21.5. The van der Waals surface area contributed by atoms with Gasteiger partial charge in [-0.05, 0) is 66.1 Å². The highest BCUT2D eigenvalue weighted by Gasteiger charge is 2.41. The average molecular weight is 470 g/mol. The first-order chi connectivity index (χ1) is 17.1. The van der Waals surface area contributed by atoms with Crippen LogP contribution in [0.1, 0.15) is 48.8 Å². The van der Waals surface area contributed by atoms with Crippen LogP contribution in [0.3, 0.4) is 0 Å². The van der Waals surface area contributed by atoms with Crippen LogP contribution in [0.4, 0.5) is 9.18 Å². The molecular formula is C30H28FNO3. The van der Waals surface area contributed by atoms with Gasteiger partial charge in [-0.3, -0.25) is 4.90 Å². The second kappa shape index (κ2) is 8.88. The maximum Gasteiger partial charge on any atom is 0.410 e. The first-order valence-electron chi connectivity index (χ1n) is 12.4. The third kappa shape index (κ3) is 3.79. The van der Waals surface area contributed by atoms with Gasteiger partial charge in [-0.15, -0.1) is 0 Å². The molecule has 1 fully saturated rings. The van der Waals surface area contributed by atoms with Gasteiger partial charge in [0.2, 0.25) is 0 Å². The number of fused-ring (bicyclic) bond motifs is 5. The predicted molar refractivity (Wildman–Crippen MR) is 134 cm³/mol. The van der Waals surface area contributed by atoms with E-state index in [1.807, 2.05) is 24.0 Å². The number of benzene rings is 3. The van der Waals surface area contributed by atoms with E-state index in [1.54, 1.807) is 6.07 Å². The summed E-state index contributed by atoms with van der Waals surface area (Å²) in [6.07, 6.45) is 4.44. The van der Waals surface area contributed by atoms with Gasteiger partial charge in [-0.1, -0.05) is 54.6 Å². The summed E-state index contributed by atoms with van der Waals surface area (Å²) in [5, 5.41) is 0. The molecule has 4 nitrogen and oxygen atoms in total. The Morgan fingerprint density at radius 3 is 2.37 bits per heavy atom. The second-order valence-corrected chi connectivity index (χ2v) is 9.48. The van der Waals surface area contributed by atoms with Gasteiger partial charge in [-0.25, -0.2) is 9.18 Å². The van der Waals surface area contributed by atoms with E-state index >= 15 is 0 Å². The summed E-state index contributed by atoms with van der Waals surface area (Å²) in [6.45, 7) is 2.70. The number of halogens is 1. The number of ether oxygens (including phenoxy) is 2. The van der Waals surface area contributed by atoms with Crippen molar-refractivity contribution in [3.63, 3.8) is 0 Å². The molecule has 0 N–H and O–H groups in total. The average Bonchev–Trinajstić information content (AvgIpc) is 3.33. The number of hydrogen-bond donors (Lipinski definition) is 0. The Balaban J connectivity index is 1.20. The third-order valence-electron chi connectivity index (χ3n) is 7.53. The third-order valence-corrected chi connectivity index (χ3v) is 7.53. The monoisotopic (exact) mass is 469 g/mol. The quantitative estimate of drug-likeness (QED) is 0.413. The summed E-state index contributed by atoms with van der Waals surface area (Å²) in [7, 11) is 0. The lowest BCUT2D eigenvalue weighted by atomic mass is 9.94. The van der Waals surface area contributed by atoms with Gasteiger partial charge < -0.3 is 9.47 Å². The minimum atomic E-state index is -0.308. The molecule has 3 aromatic rings. The van der Waals surface area contributed by atoms with Crippen LogP contribution in [0.2, 0.25) is 0 Å². The van der Waals surface area contributed by atoms with E-state index in [0.717, 1.165) is 24.0 Å². The largest absolute Gasteiger partial charge is 0.493 e. The van der Waals surface area contributed by atoms with Crippen LogP contribution in [0.5, 0.6) is 5.75 Å². The minimum Gasteiger partial charge on any atom is -0.493 e. The molecule has 35 heavy (non-hydrogen) atoms. The number of hydrogen-bond acceptors (Lipinski definition) is 3. The van der Waals surface area contributed by atoms with Crippen LogP contribution >= 0.6 is 0 Å². The SMILES string of the molecule is CCOc1cc(F)ccc1C1=CC2CCC(C1)N2C(=O)OCC1c2ccccc2-c2ccccc21. The van der Waals surface area contributed by atoms with Crippen LogP contribution in [0.15, 0.2) is 72.8 Å². The Labute approximate surface area is 205 Å². The summed E-state index contributed by atoms with van der Waals surface area (Å²) >= 11 is 0. The molecule has 1 aliphatic carbocycles. The lowest BCUT2D eigenvalue weighted by Gasteiger charge is -2.34. The first kappa shape index (κ1) is 21.9. The number of amides is 1. The summed E-state index contributed by atoms with van der Waals surface area (Å²) in [4.78, 5) is 15.2. The van der Waals surface area contributed by atoms with Crippen molar-refractivity contribution >= 4 is 11.7 Å². The molecule has 3 aliphatic rings. The Morgan fingerprint density at radius 2 is 1.69 bits per heavy atom. The number of carbonyl (C=O) groups is 1. The zero-order valence-electron chi connectivity index (χ0n) is 19.7. The van der Waals surface area contributed by atoms with Crippen molar-refractivity contribution in [3.05, 3.63) is 95.3 Å². The molecule has 0 radical (unpaired) electrons. The predicted octanol–water partition coefficient (Wildman–Crippen LogP) is 6.79. The number of carbonyl (C=O) groups excluding carboxylic acids is 1. The zero-order valence-corrected chi connectivity index (χ0v) is 19.7. The van der Waals surface area contributed by atoms with Crippen LogP contribution in [0.25, 0.3) is 16.7 Å². The van der Waals surface area contributed by atoms with E-state index in [2.05, 4.69) is 42.5 Å². The molecular weight excluding hydrogens is 441 g/mol. The number of rotatable bonds is 5. The van der Waals surface area contributed by atoms with Gasteiger partial charge in [0, 0.05) is 23.6 Å². The maximum absolute atomic E-state index is 13.8. The molecule has 1 amide bonds. The van der Waals surface area contributed by atoms with Gasteiger partial charge in [0.25, 0.3) is 0 Å². The highest BCUT2D eigenvalue weighted by molar-refractivity contribution is 5.80. The number of nitrogens with zero attached hydrogens (tertiary/aromatic N) is 1. The van der Waals surface area contributed by atoms with Crippen molar-refractivity contribution in [3.8, 4) is 16.9 Å². The molecule has 1 saturated heterocycles. The van der Waals surface area contributed by atoms with Crippen LogP contribution in [-0.2, 0) is 4.74 Å². The minimum absolute atomic E-state index is 0.0149. The molecule has 5 heteroatoms. The van der Waals surface area contributed by atoms with Crippen molar-refractivity contribution < 1.29 is 18.7 Å². The molecule has 6 rings (SSSR count). The lowest BCUT2D eigenvalue weighted by molar-refractivity contribution is 0.0866. The van der Waals surface area contributed by atoms with E-state index < -0.39 is 0 Å². The summed E-state index contributed by atoms with van der Waals surface area (Å²) in [5.74, 6) is 0.303. The molecule has 2 atom stereocenters. The fourth-order valence-corrected chi connectivity index (χ4v) is 6.02. The van der Waals surface area contributed by atoms with Crippen LogP contribution in [0, 0.1) is 5.82 Å². The topological polar surface area (TPSA) is 38.8 Å². The van der Waals surface area contributed by atoms with Crippen molar-refractivity contribution in [1.29, 1.82) is 0 Å². The molecule has 3 aromatic carbocycles. The normalized spacial score (nSPS) is 20.3. The van der Waals surface area contributed by atoms with Crippen molar-refractivity contribution in [2.24, 2.45) is 0 Å². The first-order valence-corrected chi connectivity index (χ1v) is 12.4. The maximum atomic E-state index is 13.8. The fraction of sp³-hybridized carbons (Fsp3) is 0.300. The van der Waals surface area contributed by atoms with Gasteiger partial charge in [0.05, 0.1) is 12.6 Å². The molecule has 2 heterocycles. The van der Waals surface area contributed by atoms with E-state index in [0.29, 0.717) is 25.4 Å². The summed E-state index contributed by atoms with van der Waals surface area (Å²) < 4.78 is 25.5. The highest BCUT2D eigenvalue weighted by Crippen LogP contribution is 2.45. The van der Waals surface area contributed by atoms with Crippen molar-refractivity contribution in [2.75, 3.05) is 13.2 Å². The van der Waals surface area contributed by atoms with Gasteiger partial charge >= 0.3 is 6.09 Å². The van der Waals surface area contributed by atoms with E-state index in [4.69, 9.17) is 9.47 Å². The smallest absolute Gasteiger partial charge is 0.410 e.